The van der Waals surface area contributed by atoms with Crippen molar-refractivity contribution in [3.63, 3.8) is 0 Å². The Bertz CT molecular complexity index is 1130. The van der Waals surface area contributed by atoms with Crippen LogP contribution < -0.4 is 0 Å². The van der Waals surface area contributed by atoms with Crippen LogP contribution in [-0.2, 0) is 20.5 Å². The van der Waals surface area contributed by atoms with Crippen molar-refractivity contribution < 1.29 is 19.7 Å². The van der Waals surface area contributed by atoms with E-state index in [2.05, 4.69) is 4.90 Å². The Balaban J connectivity index is 1.31. The minimum Gasteiger partial charge on any atom is -0.468 e. The number of methoxy groups -OCH3 is 1. The molecule has 39 heavy (non-hydrogen) atoms. The van der Waals surface area contributed by atoms with Crippen molar-refractivity contribution in [1.29, 1.82) is 0 Å². The van der Waals surface area contributed by atoms with E-state index in [1.807, 2.05) is 98.8 Å². The quantitative estimate of drug-likeness (QED) is 0.299. The summed E-state index contributed by atoms with van der Waals surface area (Å²) in [7, 11) is 1.42. The molecule has 5 nitrogen and oxygen atoms in total. The maximum Gasteiger partial charge on any atom is 0.315 e. The highest BCUT2D eigenvalue weighted by Crippen LogP contribution is 2.42. The van der Waals surface area contributed by atoms with Gasteiger partial charge in [0.15, 0.2) is 0 Å². The first kappa shape index (κ1) is 29.0. The van der Waals surface area contributed by atoms with Crippen molar-refractivity contribution in [2.24, 2.45) is 5.92 Å². The van der Waals surface area contributed by atoms with Gasteiger partial charge in [0.25, 0.3) is 0 Å². The molecular weight excluding hydrogens is 486 g/mol. The number of carbonyl (C=O) groups is 1. The second-order valence-corrected chi connectivity index (χ2v) is 11.1. The van der Waals surface area contributed by atoms with Gasteiger partial charge >= 0.3 is 5.97 Å². The zero-order chi connectivity index (χ0) is 27.9. The molecule has 1 heterocycles. The number of piperidine rings is 1. The van der Waals surface area contributed by atoms with Crippen molar-refractivity contribution in [1.82, 2.24) is 4.90 Å². The molecule has 1 aliphatic rings. The van der Waals surface area contributed by atoms with E-state index in [1.54, 1.807) is 0 Å². The predicted molar refractivity (Wildman–Crippen MR) is 155 cm³/mol. The lowest BCUT2D eigenvalue weighted by atomic mass is 9.72. The lowest BCUT2D eigenvalue weighted by molar-refractivity contribution is -0.147. The Labute approximate surface area is 233 Å². The maximum absolute atomic E-state index is 12.3. The van der Waals surface area contributed by atoms with Crippen molar-refractivity contribution >= 4 is 5.97 Å². The summed E-state index contributed by atoms with van der Waals surface area (Å²) in [5.74, 6) is -0.102. The van der Waals surface area contributed by atoms with Crippen molar-refractivity contribution in [3.05, 3.63) is 107 Å². The third kappa shape index (κ3) is 6.27. The molecule has 0 radical (unpaired) electrons. The summed E-state index contributed by atoms with van der Waals surface area (Å²) in [5.41, 5.74) is 2.00. The molecule has 1 saturated heterocycles. The summed E-state index contributed by atoms with van der Waals surface area (Å²) >= 11 is 0. The van der Waals surface area contributed by atoms with Crippen LogP contribution in [0.15, 0.2) is 84.9 Å². The zero-order valence-electron chi connectivity index (χ0n) is 23.6. The second-order valence-electron chi connectivity index (χ2n) is 11.1. The van der Waals surface area contributed by atoms with E-state index < -0.39 is 17.1 Å². The number of aliphatic hydroxyl groups is 2. The van der Waals surface area contributed by atoms with Crippen LogP contribution in [0.2, 0.25) is 0 Å². The van der Waals surface area contributed by atoms with Crippen LogP contribution in [0, 0.1) is 5.92 Å². The van der Waals surface area contributed by atoms with Gasteiger partial charge in [-0.25, -0.2) is 0 Å². The van der Waals surface area contributed by atoms with Gasteiger partial charge < -0.3 is 19.8 Å². The van der Waals surface area contributed by atoms with E-state index in [0.717, 1.165) is 61.2 Å². The van der Waals surface area contributed by atoms with Gasteiger partial charge in [0.2, 0.25) is 0 Å². The van der Waals surface area contributed by atoms with Crippen LogP contribution in [0.25, 0.3) is 0 Å². The minimum atomic E-state index is -1.00. The van der Waals surface area contributed by atoms with Gasteiger partial charge in [0.05, 0.1) is 18.6 Å². The van der Waals surface area contributed by atoms with E-state index in [9.17, 15) is 15.0 Å². The topological polar surface area (TPSA) is 70.0 Å². The molecule has 3 aromatic rings. The predicted octanol–water partition coefficient (Wildman–Crippen LogP) is 5.99. The summed E-state index contributed by atoms with van der Waals surface area (Å²) in [6.07, 6.45) is 3.51. The molecule has 5 heteroatoms. The summed E-state index contributed by atoms with van der Waals surface area (Å²) in [6.45, 7) is 6.66. The normalized spacial score (nSPS) is 17.4. The zero-order valence-corrected chi connectivity index (χ0v) is 23.6. The van der Waals surface area contributed by atoms with E-state index in [1.165, 1.54) is 7.11 Å². The van der Waals surface area contributed by atoms with E-state index in [0.29, 0.717) is 12.8 Å². The Hall–Kier alpha value is -2.99. The van der Waals surface area contributed by atoms with Gasteiger partial charge in [-0.1, -0.05) is 91.9 Å². The number of likely N-dealkylation sites (tertiary alicyclic amines) is 1. The molecule has 2 unspecified atom stereocenters. The Morgan fingerprint density at radius 3 is 1.95 bits per heavy atom. The standard InChI is InChI=1S/C34H43NO4/c1-4-33(2,32(37)39-3)27-19-17-26(18-20-27)31(36)16-11-23-35-24-21-30(22-25-35)34(38,28-12-7-5-8-13-28)29-14-9-6-10-15-29/h5-10,12-15,17-20,30-31,36,38H,4,11,16,21-25H2,1-3H3. The fourth-order valence-corrected chi connectivity index (χ4v) is 6.04. The molecule has 0 saturated carbocycles. The fraction of sp³-hybridized carbons (Fsp3) is 0.441. The average Bonchev–Trinajstić information content (AvgIpc) is 3.01. The highest BCUT2D eigenvalue weighted by molar-refractivity contribution is 5.82. The number of aliphatic hydroxyl groups excluding tert-OH is 1. The molecular formula is C34H43NO4. The molecule has 3 aromatic carbocycles. The molecule has 4 rings (SSSR count). The number of esters is 1. The van der Waals surface area contributed by atoms with Gasteiger partial charge in [-0.05, 0) is 86.8 Å². The highest BCUT2D eigenvalue weighted by Gasteiger charge is 2.41. The van der Waals surface area contributed by atoms with Crippen LogP contribution >= 0.6 is 0 Å². The van der Waals surface area contributed by atoms with Crippen LogP contribution in [0.4, 0.5) is 0 Å². The lowest BCUT2D eigenvalue weighted by Crippen LogP contribution is -2.44. The second kappa shape index (κ2) is 12.9. The molecule has 0 amide bonds. The molecule has 2 N–H and O–H groups in total. The van der Waals surface area contributed by atoms with Crippen LogP contribution in [-0.4, -0.2) is 47.8 Å². The molecule has 0 aliphatic carbocycles. The SMILES string of the molecule is CCC(C)(C(=O)OC)c1ccc(C(O)CCCN2CCC(C(O)(c3ccccc3)c3ccccc3)CC2)cc1. The minimum absolute atomic E-state index is 0.140. The van der Waals surface area contributed by atoms with Crippen molar-refractivity contribution in [3.8, 4) is 0 Å². The lowest BCUT2D eigenvalue weighted by Gasteiger charge is -2.42. The number of hydrogen-bond acceptors (Lipinski definition) is 5. The number of carbonyl (C=O) groups excluding carboxylic acids is 1. The molecule has 2 atom stereocenters. The first-order chi connectivity index (χ1) is 18.8. The van der Waals surface area contributed by atoms with Crippen LogP contribution in [0.1, 0.15) is 74.3 Å². The Morgan fingerprint density at radius 1 is 0.923 bits per heavy atom. The number of ether oxygens (including phenoxy) is 1. The van der Waals surface area contributed by atoms with Gasteiger partial charge in [-0.2, -0.15) is 0 Å². The fourth-order valence-electron chi connectivity index (χ4n) is 6.04. The smallest absolute Gasteiger partial charge is 0.315 e. The largest absolute Gasteiger partial charge is 0.468 e. The van der Waals surface area contributed by atoms with Gasteiger partial charge in [0.1, 0.15) is 5.60 Å². The van der Waals surface area contributed by atoms with Crippen molar-refractivity contribution in [2.45, 2.75) is 63.1 Å². The average molecular weight is 530 g/mol. The Morgan fingerprint density at radius 2 is 1.46 bits per heavy atom. The first-order valence-corrected chi connectivity index (χ1v) is 14.3. The summed E-state index contributed by atoms with van der Waals surface area (Å²) in [5, 5.41) is 22.9. The third-order valence-electron chi connectivity index (χ3n) is 8.83. The van der Waals surface area contributed by atoms with Crippen LogP contribution in [0.5, 0.6) is 0 Å². The highest BCUT2D eigenvalue weighted by atomic mass is 16.5. The molecule has 208 valence electrons. The summed E-state index contributed by atoms with van der Waals surface area (Å²) in [6, 6.07) is 27.8. The summed E-state index contributed by atoms with van der Waals surface area (Å²) in [4.78, 5) is 14.8. The maximum atomic E-state index is 12.3. The summed E-state index contributed by atoms with van der Waals surface area (Å²) < 4.78 is 5.01. The molecule has 0 spiro atoms. The number of hydrogen-bond donors (Lipinski definition) is 2. The van der Waals surface area contributed by atoms with Gasteiger partial charge in [-0.3, -0.25) is 4.79 Å². The first-order valence-electron chi connectivity index (χ1n) is 14.3. The van der Waals surface area contributed by atoms with E-state index in [4.69, 9.17) is 4.74 Å². The number of nitrogens with zero attached hydrogens (tertiary/aromatic N) is 1. The van der Waals surface area contributed by atoms with E-state index >= 15 is 0 Å². The molecule has 1 aliphatic heterocycles. The van der Waals surface area contributed by atoms with E-state index in [-0.39, 0.29) is 11.9 Å². The Kier molecular flexibility index (Phi) is 9.60. The number of rotatable bonds is 11. The molecule has 0 aromatic heterocycles. The third-order valence-corrected chi connectivity index (χ3v) is 8.83. The molecule has 0 bridgehead atoms. The molecule has 1 fully saturated rings. The van der Waals surface area contributed by atoms with Crippen LogP contribution in [0.3, 0.4) is 0 Å². The van der Waals surface area contributed by atoms with Gasteiger partial charge in [0, 0.05) is 0 Å². The number of benzene rings is 3. The van der Waals surface area contributed by atoms with Crippen molar-refractivity contribution in [2.75, 3.05) is 26.7 Å². The monoisotopic (exact) mass is 529 g/mol. The van der Waals surface area contributed by atoms with Gasteiger partial charge in [-0.15, -0.1) is 0 Å².